The molecule has 0 aliphatic carbocycles. The predicted octanol–water partition coefficient (Wildman–Crippen LogP) is 2.89. The first-order valence-electron chi connectivity index (χ1n) is 7.03. The molecule has 0 aliphatic heterocycles. The fraction of sp³-hybridized carbons (Fsp3) is 0.400. The molecule has 7 heteroatoms. The summed E-state index contributed by atoms with van der Waals surface area (Å²) in [7, 11) is 0. The van der Waals surface area contributed by atoms with Gasteiger partial charge in [-0.15, -0.1) is 17.5 Å². The number of aromatic nitrogens is 3. The Morgan fingerprint density at radius 2 is 2.14 bits per heavy atom. The zero-order chi connectivity index (χ0) is 15.4. The topological polar surface area (TPSA) is 85.8 Å². The number of aryl methyl sites for hydroxylation is 2. The highest BCUT2D eigenvalue weighted by Gasteiger charge is 2.12. The van der Waals surface area contributed by atoms with Gasteiger partial charge in [0.15, 0.2) is 5.69 Å². The van der Waals surface area contributed by atoms with E-state index >= 15 is 0 Å². The molecule has 0 spiro atoms. The second-order valence-electron chi connectivity index (χ2n) is 5.58. The molecule has 0 saturated carbocycles. The summed E-state index contributed by atoms with van der Waals surface area (Å²) in [4.78, 5) is 12.2. The number of nitrogens with one attached hydrogen (secondary N) is 1. The van der Waals surface area contributed by atoms with Crippen molar-refractivity contribution in [3.05, 3.63) is 35.7 Å². The normalized spacial score (nSPS) is 10.4. The van der Waals surface area contributed by atoms with Gasteiger partial charge in [-0.25, -0.2) is 0 Å². The summed E-state index contributed by atoms with van der Waals surface area (Å²) in [6.07, 6.45) is 2.66. The van der Waals surface area contributed by atoms with Crippen LogP contribution < -0.4 is 11.1 Å². The van der Waals surface area contributed by atoms with Crippen molar-refractivity contribution in [3.63, 3.8) is 0 Å². The molecule has 6 nitrogen and oxygen atoms in total. The summed E-state index contributed by atoms with van der Waals surface area (Å²) in [6.45, 7) is 6.96. The number of carbonyl (C=O) groups is 1. The second kappa shape index (κ2) is 7.79. The van der Waals surface area contributed by atoms with Crippen LogP contribution >= 0.6 is 12.4 Å². The number of benzene rings is 1. The third-order valence-corrected chi connectivity index (χ3v) is 3.22. The quantitative estimate of drug-likeness (QED) is 0.828. The molecule has 0 saturated heterocycles. The molecule has 22 heavy (non-hydrogen) atoms. The van der Waals surface area contributed by atoms with Gasteiger partial charge in [-0.2, -0.15) is 0 Å². The molecule has 2 aromatic rings. The lowest BCUT2D eigenvalue weighted by Crippen LogP contribution is -2.13. The first-order valence-corrected chi connectivity index (χ1v) is 7.03. The second-order valence-corrected chi connectivity index (χ2v) is 5.58. The number of hydrogen-bond acceptors (Lipinski definition) is 4. The van der Waals surface area contributed by atoms with E-state index in [9.17, 15) is 4.79 Å². The number of nitrogens with zero attached hydrogens (tertiary/aromatic N) is 3. The highest BCUT2D eigenvalue weighted by molar-refractivity contribution is 6.03. The van der Waals surface area contributed by atoms with Crippen molar-refractivity contribution in [1.82, 2.24) is 15.0 Å². The summed E-state index contributed by atoms with van der Waals surface area (Å²) >= 11 is 0. The first kappa shape index (κ1) is 18.0. The van der Waals surface area contributed by atoms with Crippen LogP contribution in [-0.2, 0) is 6.54 Å². The molecule has 0 atom stereocenters. The average Bonchev–Trinajstić information content (AvgIpc) is 2.89. The monoisotopic (exact) mass is 323 g/mol. The molecule has 1 aromatic heterocycles. The number of halogens is 1. The lowest BCUT2D eigenvalue weighted by atomic mass is 10.1. The number of nitrogens with two attached hydrogens (primary N) is 1. The summed E-state index contributed by atoms with van der Waals surface area (Å²) in [5, 5.41) is 10.7. The molecule has 0 aliphatic rings. The molecule has 0 fully saturated rings. The fourth-order valence-electron chi connectivity index (χ4n) is 1.86. The maximum atomic E-state index is 12.2. The van der Waals surface area contributed by atoms with E-state index in [1.165, 1.54) is 0 Å². The van der Waals surface area contributed by atoms with Gasteiger partial charge in [-0.1, -0.05) is 25.1 Å². The van der Waals surface area contributed by atoms with E-state index < -0.39 is 0 Å². The minimum absolute atomic E-state index is 0. The molecule has 1 heterocycles. The minimum Gasteiger partial charge on any atom is -0.399 e. The molecule has 0 bridgehead atoms. The van der Waals surface area contributed by atoms with Crippen LogP contribution in [-0.4, -0.2) is 20.9 Å². The van der Waals surface area contributed by atoms with E-state index in [4.69, 9.17) is 5.73 Å². The molecular formula is C15H22ClN5O. The number of anilines is 2. The Kier molecular flexibility index (Phi) is 6.37. The van der Waals surface area contributed by atoms with Crippen molar-refractivity contribution >= 4 is 29.7 Å². The Balaban J connectivity index is 0.00000242. The molecule has 3 N–H and O–H groups in total. The van der Waals surface area contributed by atoms with Crippen LogP contribution in [0.5, 0.6) is 0 Å². The largest absolute Gasteiger partial charge is 0.399 e. The van der Waals surface area contributed by atoms with E-state index in [-0.39, 0.29) is 18.3 Å². The van der Waals surface area contributed by atoms with Gasteiger partial charge in [-0.05, 0) is 37.0 Å². The Morgan fingerprint density at radius 3 is 2.82 bits per heavy atom. The number of amides is 1. The third kappa shape index (κ3) is 4.73. The van der Waals surface area contributed by atoms with Crippen molar-refractivity contribution in [2.24, 2.45) is 5.92 Å². The van der Waals surface area contributed by atoms with Crippen LogP contribution in [0.4, 0.5) is 11.4 Å². The van der Waals surface area contributed by atoms with Crippen LogP contribution in [0.3, 0.4) is 0 Å². The van der Waals surface area contributed by atoms with Gasteiger partial charge in [-0.3, -0.25) is 9.48 Å². The summed E-state index contributed by atoms with van der Waals surface area (Å²) in [5.41, 5.74) is 8.28. The van der Waals surface area contributed by atoms with Gasteiger partial charge in [0.25, 0.3) is 5.91 Å². The minimum atomic E-state index is -0.278. The fourth-order valence-corrected chi connectivity index (χ4v) is 1.86. The molecule has 0 radical (unpaired) electrons. The van der Waals surface area contributed by atoms with E-state index in [1.54, 1.807) is 23.0 Å². The van der Waals surface area contributed by atoms with Crippen LogP contribution in [0, 0.1) is 12.8 Å². The van der Waals surface area contributed by atoms with Crippen LogP contribution in [0.2, 0.25) is 0 Å². The Hall–Kier alpha value is -2.08. The van der Waals surface area contributed by atoms with E-state index in [2.05, 4.69) is 29.5 Å². The van der Waals surface area contributed by atoms with Crippen LogP contribution in [0.1, 0.15) is 36.3 Å². The predicted molar refractivity (Wildman–Crippen MR) is 90.3 cm³/mol. The van der Waals surface area contributed by atoms with Gasteiger partial charge < -0.3 is 11.1 Å². The summed E-state index contributed by atoms with van der Waals surface area (Å²) in [5.74, 6) is 0.306. The Morgan fingerprint density at radius 1 is 1.41 bits per heavy atom. The van der Waals surface area contributed by atoms with Gasteiger partial charge in [0, 0.05) is 17.9 Å². The van der Waals surface area contributed by atoms with Crippen molar-refractivity contribution in [1.29, 1.82) is 0 Å². The number of carbonyl (C=O) groups excluding carboxylic acids is 1. The standard InChI is InChI=1S/C15H21N5O.ClH/c1-10(2)6-7-20-9-14(18-19-20)15(21)17-13-8-12(16)5-4-11(13)3;/h4-5,8-10H,6-7,16H2,1-3H3,(H,17,21);1H. The number of hydrogen-bond donors (Lipinski definition) is 2. The maximum Gasteiger partial charge on any atom is 0.277 e. The molecule has 120 valence electrons. The lowest BCUT2D eigenvalue weighted by molar-refractivity contribution is 0.102. The third-order valence-electron chi connectivity index (χ3n) is 3.22. The molecule has 2 rings (SSSR count). The lowest BCUT2D eigenvalue weighted by Gasteiger charge is -2.07. The maximum absolute atomic E-state index is 12.2. The zero-order valence-corrected chi connectivity index (χ0v) is 13.9. The van der Waals surface area contributed by atoms with Crippen molar-refractivity contribution in [2.75, 3.05) is 11.1 Å². The molecule has 1 amide bonds. The van der Waals surface area contributed by atoms with Crippen LogP contribution in [0.25, 0.3) is 0 Å². The van der Waals surface area contributed by atoms with Gasteiger partial charge in [0.1, 0.15) is 0 Å². The van der Waals surface area contributed by atoms with Gasteiger partial charge in [0.2, 0.25) is 0 Å². The first-order chi connectivity index (χ1) is 9.95. The smallest absolute Gasteiger partial charge is 0.277 e. The van der Waals surface area contributed by atoms with Crippen molar-refractivity contribution in [2.45, 2.75) is 33.7 Å². The highest BCUT2D eigenvalue weighted by Crippen LogP contribution is 2.18. The zero-order valence-electron chi connectivity index (χ0n) is 13.0. The molecule has 0 unspecified atom stereocenters. The van der Waals surface area contributed by atoms with Crippen LogP contribution in [0.15, 0.2) is 24.4 Å². The Bertz CT molecular complexity index is 639. The Labute approximate surface area is 136 Å². The molecule has 1 aromatic carbocycles. The van der Waals surface area contributed by atoms with Gasteiger partial charge in [0.05, 0.1) is 6.20 Å². The number of rotatable bonds is 5. The van der Waals surface area contributed by atoms with Crippen molar-refractivity contribution in [3.8, 4) is 0 Å². The van der Waals surface area contributed by atoms with Crippen molar-refractivity contribution < 1.29 is 4.79 Å². The van der Waals surface area contributed by atoms with E-state index in [1.807, 2.05) is 13.0 Å². The van der Waals surface area contributed by atoms with Gasteiger partial charge >= 0.3 is 0 Å². The summed E-state index contributed by atoms with van der Waals surface area (Å²) in [6, 6.07) is 5.40. The average molecular weight is 324 g/mol. The molecular weight excluding hydrogens is 302 g/mol. The van der Waals surface area contributed by atoms with E-state index in [0.29, 0.717) is 23.0 Å². The summed E-state index contributed by atoms with van der Waals surface area (Å²) < 4.78 is 1.70. The highest BCUT2D eigenvalue weighted by atomic mass is 35.5. The number of nitrogen functional groups attached to an aromatic ring is 1. The SMILES string of the molecule is Cc1ccc(N)cc1NC(=O)c1cn(CCC(C)C)nn1.Cl. The van der Waals surface area contributed by atoms with E-state index in [0.717, 1.165) is 18.5 Å².